The Morgan fingerprint density at radius 1 is 1.11 bits per heavy atom. The van der Waals surface area contributed by atoms with Gasteiger partial charge in [-0.15, -0.1) is 0 Å². The van der Waals surface area contributed by atoms with Crippen molar-refractivity contribution in [2.75, 3.05) is 29.9 Å². The minimum Gasteiger partial charge on any atom is -0.337 e. The number of amides is 2. The van der Waals surface area contributed by atoms with Crippen molar-refractivity contribution >= 4 is 29.3 Å². The zero-order valence-electron chi connectivity index (χ0n) is 15.6. The second kappa shape index (κ2) is 9.19. The summed E-state index contributed by atoms with van der Waals surface area (Å²) in [5.74, 6) is 0.557. The quantitative estimate of drug-likeness (QED) is 0.819. The van der Waals surface area contributed by atoms with Gasteiger partial charge < -0.3 is 10.2 Å². The molecular weight excluding hydrogens is 382 g/mol. The topological polar surface area (TPSA) is 49.4 Å². The van der Waals surface area contributed by atoms with E-state index in [1.807, 2.05) is 23.6 Å². The zero-order valence-corrected chi connectivity index (χ0v) is 16.5. The van der Waals surface area contributed by atoms with Gasteiger partial charge in [-0.05, 0) is 60.9 Å². The highest BCUT2D eigenvalue weighted by Gasteiger charge is 2.19. The van der Waals surface area contributed by atoms with Crippen molar-refractivity contribution in [3.8, 4) is 0 Å². The van der Waals surface area contributed by atoms with Crippen LogP contribution in [0, 0.1) is 18.6 Å². The van der Waals surface area contributed by atoms with Gasteiger partial charge in [0.25, 0.3) is 5.91 Å². The van der Waals surface area contributed by atoms with E-state index in [2.05, 4.69) is 5.32 Å². The summed E-state index contributed by atoms with van der Waals surface area (Å²) in [5.41, 5.74) is 2.16. The summed E-state index contributed by atoms with van der Waals surface area (Å²) in [6, 6.07) is 8.40. The number of anilines is 1. The Kier molecular flexibility index (Phi) is 6.67. The number of hydrogen-bond acceptors (Lipinski definition) is 3. The molecule has 1 aliphatic rings. The highest BCUT2D eigenvalue weighted by molar-refractivity contribution is 7.99. The first-order valence-corrected chi connectivity index (χ1v) is 10.3. The minimum atomic E-state index is -0.528. The molecule has 1 fully saturated rings. The first-order chi connectivity index (χ1) is 13.4. The lowest BCUT2D eigenvalue weighted by Crippen LogP contribution is -2.37. The summed E-state index contributed by atoms with van der Waals surface area (Å²) in [6.45, 7) is 3.32. The van der Waals surface area contributed by atoms with Gasteiger partial charge in [-0.25, -0.2) is 8.78 Å². The first-order valence-electron chi connectivity index (χ1n) is 9.15. The molecule has 1 heterocycles. The standard InChI is InChI=1S/C21H22F2N2O2S/c1-14-12-16(21(27)25-8-10-28-11-9-25)2-6-19(14)24-20(26)7-3-15-13-17(22)4-5-18(15)23/h2,4-6,12-13H,3,7-11H2,1H3,(H,24,26). The van der Waals surface area contributed by atoms with Gasteiger partial charge in [-0.1, -0.05) is 0 Å². The largest absolute Gasteiger partial charge is 0.337 e. The molecule has 0 bridgehead atoms. The maximum absolute atomic E-state index is 13.6. The van der Waals surface area contributed by atoms with Gasteiger partial charge in [0.15, 0.2) is 0 Å². The SMILES string of the molecule is Cc1cc(C(=O)N2CCSCC2)ccc1NC(=O)CCc1cc(F)ccc1F. The van der Waals surface area contributed by atoms with Crippen LogP contribution in [0.15, 0.2) is 36.4 Å². The molecule has 0 atom stereocenters. The molecule has 0 aliphatic carbocycles. The third-order valence-corrected chi connectivity index (χ3v) is 5.62. The monoisotopic (exact) mass is 404 g/mol. The maximum Gasteiger partial charge on any atom is 0.253 e. The van der Waals surface area contributed by atoms with Crippen molar-refractivity contribution in [1.82, 2.24) is 4.90 Å². The number of aryl methyl sites for hydroxylation is 2. The van der Waals surface area contributed by atoms with Crippen molar-refractivity contribution in [1.29, 1.82) is 0 Å². The highest BCUT2D eigenvalue weighted by atomic mass is 32.2. The van der Waals surface area contributed by atoms with E-state index in [9.17, 15) is 18.4 Å². The fraction of sp³-hybridized carbons (Fsp3) is 0.333. The molecule has 0 spiro atoms. The van der Waals surface area contributed by atoms with Gasteiger partial charge in [0.2, 0.25) is 5.91 Å². The van der Waals surface area contributed by atoms with Gasteiger partial charge in [0.05, 0.1) is 0 Å². The Hall–Kier alpha value is -2.41. The summed E-state index contributed by atoms with van der Waals surface area (Å²) in [6.07, 6.45) is 0.143. The number of hydrogen-bond donors (Lipinski definition) is 1. The van der Waals surface area contributed by atoms with Crippen LogP contribution in [0.2, 0.25) is 0 Å². The van der Waals surface area contributed by atoms with Gasteiger partial charge in [-0.2, -0.15) is 11.8 Å². The van der Waals surface area contributed by atoms with Crippen LogP contribution in [0.25, 0.3) is 0 Å². The van der Waals surface area contributed by atoms with E-state index in [0.717, 1.165) is 48.4 Å². The number of carbonyl (C=O) groups excluding carboxylic acids is 2. The van der Waals surface area contributed by atoms with Crippen LogP contribution in [0.4, 0.5) is 14.5 Å². The molecule has 2 amide bonds. The Morgan fingerprint density at radius 3 is 2.57 bits per heavy atom. The molecule has 7 heteroatoms. The lowest BCUT2D eigenvalue weighted by atomic mass is 10.1. The Bertz CT molecular complexity index is 883. The number of nitrogens with one attached hydrogen (secondary N) is 1. The lowest BCUT2D eigenvalue weighted by Gasteiger charge is -2.26. The second-order valence-corrected chi connectivity index (χ2v) is 7.94. The van der Waals surface area contributed by atoms with Crippen molar-refractivity contribution in [3.63, 3.8) is 0 Å². The van der Waals surface area contributed by atoms with Gasteiger partial charge in [-0.3, -0.25) is 9.59 Å². The maximum atomic E-state index is 13.6. The van der Waals surface area contributed by atoms with E-state index < -0.39 is 11.6 Å². The van der Waals surface area contributed by atoms with E-state index in [1.54, 1.807) is 18.2 Å². The average molecular weight is 404 g/mol. The molecule has 1 aliphatic heterocycles. The Labute approximate surface area is 167 Å². The zero-order chi connectivity index (χ0) is 20.1. The summed E-state index contributed by atoms with van der Waals surface area (Å²) >= 11 is 1.84. The smallest absolute Gasteiger partial charge is 0.253 e. The normalized spacial score (nSPS) is 14.0. The van der Waals surface area contributed by atoms with E-state index in [-0.39, 0.29) is 30.2 Å². The fourth-order valence-electron chi connectivity index (χ4n) is 3.08. The number of nitrogens with zero attached hydrogens (tertiary/aromatic N) is 1. The van der Waals surface area contributed by atoms with Crippen LogP contribution in [0.3, 0.4) is 0 Å². The summed E-state index contributed by atoms with van der Waals surface area (Å²) in [4.78, 5) is 26.6. The van der Waals surface area contributed by atoms with Crippen LogP contribution >= 0.6 is 11.8 Å². The molecule has 2 aromatic rings. The minimum absolute atomic E-state index is 0.00264. The lowest BCUT2D eigenvalue weighted by molar-refractivity contribution is -0.116. The van der Waals surface area contributed by atoms with E-state index in [0.29, 0.717) is 11.3 Å². The van der Waals surface area contributed by atoms with Crippen LogP contribution < -0.4 is 5.32 Å². The van der Waals surface area contributed by atoms with Crippen molar-refractivity contribution < 1.29 is 18.4 Å². The fourth-order valence-corrected chi connectivity index (χ4v) is 3.98. The molecule has 28 heavy (non-hydrogen) atoms. The number of thioether (sulfide) groups is 1. The molecule has 3 rings (SSSR count). The van der Waals surface area contributed by atoms with Crippen LogP contribution in [0.1, 0.15) is 27.9 Å². The van der Waals surface area contributed by atoms with Gasteiger partial charge >= 0.3 is 0 Å². The molecule has 2 aromatic carbocycles. The van der Waals surface area contributed by atoms with E-state index in [1.165, 1.54) is 0 Å². The number of rotatable bonds is 5. The second-order valence-electron chi connectivity index (χ2n) is 6.72. The summed E-state index contributed by atoms with van der Waals surface area (Å²) < 4.78 is 26.9. The van der Waals surface area contributed by atoms with Crippen LogP contribution in [-0.4, -0.2) is 41.3 Å². The molecule has 1 saturated heterocycles. The predicted molar refractivity (Wildman–Crippen MR) is 108 cm³/mol. The predicted octanol–water partition coefficient (Wildman–Crippen LogP) is 4.03. The molecular formula is C21H22F2N2O2S. The van der Waals surface area contributed by atoms with E-state index in [4.69, 9.17) is 0 Å². The number of benzene rings is 2. The highest BCUT2D eigenvalue weighted by Crippen LogP contribution is 2.20. The van der Waals surface area contributed by atoms with Crippen LogP contribution in [0.5, 0.6) is 0 Å². The Morgan fingerprint density at radius 2 is 1.86 bits per heavy atom. The summed E-state index contributed by atoms with van der Waals surface area (Å²) in [7, 11) is 0. The van der Waals surface area contributed by atoms with Gasteiger partial charge in [0.1, 0.15) is 11.6 Å². The summed E-state index contributed by atoms with van der Waals surface area (Å²) in [5, 5.41) is 2.78. The average Bonchev–Trinajstić information content (AvgIpc) is 2.70. The molecule has 4 nitrogen and oxygen atoms in total. The molecule has 0 saturated carbocycles. The molecule has 1 N–H and O–H groups in total. The molecule has 148 valence electrons. The third kappa shape index (κ3) is 5.10. The number of carbonyl (C=O) groups is 2. The first kappa shape index (κ1) is 20.3. The molecule has 0 aromatic heterocycles. The van der Waals surface area contributed by atoms with E-state index >= 15 is 0 Å². The number of halogens is 2. The Balaban J connectivity index is 1.60. The van der Waals surface area contributed by atoms with Gasteiger partial charge in [0, 0.05) is 42.3 Å². The van der Waals surface area contributed by atoms with Crippen molar-refractivity contribution in [2.24, 2.45) is 0 Å². The van der Waals surface area contributed by atoms with Crippen molar-refractivity contribution in [3.05, 3.63) is 64.7 Å². The van der Waals surface area contributed by atoms with Crippen molar-refractivity contribution in [2.45, 2.75) is 19.8 Å². The molecule has 0 radical (unpaired) electrons. The molecule has 0 unspecified atom stereocenters. The third-order valence-electron chi connectivity index (χ3n) is 4.67. The van der Waals surface area contributed by atoms with Crippen LogP contribution in [-0.2, 0) is 11.2 Å².